The smallest absolute Gasteiger partial charge is 0.245 e. The number of nitrogens with zero attached hydrogens (tertiary/aromatic N) is 3. The Labute approximate surface area is 518 Å². The lowest BCUT2D eigenvalue weighted by Crippen LogP contribution is -2.64. The first kappa shape index (κ1) is 79.8. The first-order valence-corrected chi connectivity index (χ1v) is 37.6. The summed E-state index contributed by atoms with van der Waals surface area (Å²) in [5.41, 5.74) is 0. The minimum Gasteiger partial charge on any atom is -0.392 e. The Morgan fingerprint density at radius 3 is 1.00 bits per heavy atom. The summed E-state index contributed by atoms with van der Waals surface area (Å²) in [4.78, 5) is 35.7. The van der Waals surface area contributed by atoms with Crippen molar-refractivity contribution in [3.8, 4) is 0 Å². The molecule has 0 aromatic carbocycles. The van der Waals surface area contributed by atoms with Gasteiger partial charge in [-0.1, -0.05) is 305 Å². The van der Waals surface area contributed by atoms with Gasteiger partial charge in [0.05, 0.1) is 18.3 Å². The second-order valence-corrected chi connectivity index (χ2v) is 27.6. The van der Waals surface area contributed by atoms with Gasteiger partial charge in [0.25, 0.3) is 0 Å². The fourth-order valence-corrected chi connectivity index (χ4v) is 13.4. The SMILES string of the molecule is CCCCCCCCCCC(C)CN(CCCCC1NC(=O)C(CCCCN(CC(O)CCCCCCCCCC)CC(O)CCCCCCCCCC)N(CC(O)CCCCCCCCCC)C1=O)CC(C)CCCCCCCCCC. The summed E-state index contributed by atoms with van der Waals surface area (Å²) in [6.45, 7) is 21.7. The van der Waals surface area contributed by atoms with E-state index in [-0.39, 0.29) is 18.4 Å². The Kier molecular flexibility index (Phi) is 56.1. The van der Waals surface area contributed by atoms with E-state index in [4.69, 9.17) is 0 Å². The average Bonchev–Trinajstić information content (AvgIpc) is 3.47. The molecule has 9 heteroatoms. The van der Waals surface area contributed by atoms with Crippen LogP contribution in [0.15, 0.2) is 0 Å². The molecule has 7 atom stereocenters. The molecule has 1 heterocycles. The van der Waals surface area contributed by atoms with Crippen LogP contribution in [0.2, 0.25) is 0 Å². The second-order valence-electron chi connectivity index (χ2n) is 27.6. The molecule has 9 nitrogen and oxygen atoms in total. The van der Waals surface area contributed by atoms with Gasteiger partial charge in [-0.25, -0.2) is 0 Å². The summed E-state index contributed by atoms with van der Waals surface area (Å²) in [7, 11) is 0. The number of aliphatic hydroxyl groups is 3. The zero-order valence-corrected chi connectivity index (χ0v) is 57.1. The molecule has 2 amide bonds. The molecule has 1 rings (SSSR count). The van der Waals surface area contributed by atoms with Crippen LogP contribution in [0.5, 0.6) is 0 Å². The van der Waals surface area contributed by atoms with Crippen LogP contribution in [0.4, 0.5) is 0 Å². The molecular formula is C74H148N4O5. The quantitative estimate of drug-likeness (QED) is 0.0448. The van der Waals surface area contributed by atoms with Crippen LogP contribution < -0.4 is 5.32 Å². The van der Waals surface area contributed by atoms with Crippen molar-refractivity contribution in [1.29, 1.82) is 0 Å². The molecule has 0 aromatic rings. The first-order chi connectivity index (χ1) is 40.5. The van der Waals surface area contributed by atoms with Crippen molar-refractivity contribution in [3.05, 3.63) is 0 Å². The molecule has 1 aliphatic rings. The molecule has 0 aliphatic carbocycles. The van der Waals surface area contributed by atoms with Crippen molar-refractivity contribution in [1.82, 2.24) is 20.0 Å². The average molecular weight is 1170 g/mol. The van der Waals surface area contributed by atoms with Crippen LogP contribution in [0.25, 0.3) is 0 Å². The maximum atomic E-state index is 14.6. The van der Waals surface area contributed by atoms with E-state index in [0.29, 0.717) is 44.2 Å². The van der Waals surface area contributed by atoms with Crippen LogP contribution in [0.3, 0.4) is 0 Å². The topological polar surface area (TPSA) is 117 Å². The van der Waals surface area contributed by atoms with E-state index in [9.17, 15) is 24.9 Å². The van der Waals surface area contributed by atoms with E-state index in [2.05, 4.69) is 63.6 Å². The molecule has 7 unspecified atom stereocenters. The van der Waals surface area contributed by atoms with Gasteiger partial charge in [-0.3, -0.25) is 14.5 Å². The molecular weight excluding hydrogens is 1020 g/mol. The highest BCUT2D eigenvalue weighted by Gasteiger charge is 2.40. The van der Waals surface area contributed by atoms with E-state index >= 15 is 0 Å². The third-order valence-electron chi connectivity index (χ3n) is 18.8. The van der Waals surface area contributed by atoms with Crippen LogP contribution in [-0.2, 0) is 9.59 Å². The normalized spacial score (nSPS) is 16.8. The molecule has 1 aliphatic heterocycles. The minimum absolute atomic E-state index is 0.0193. The van der Waals surface area contributed by atoms with Gasteiger partial charge in [0, 0.05) is 32.7 Å². The third-order valence-corrected chi connectivity index (χ3v) is 18.8. The van der Waals surface area contributed by atoms with Gasteiger partial charge in [-0.05, 0) is 95.6 Å². The van der Waals surface area contributed by atoms with Crippen LogP contribution in [0, 0.1) is 11.8 Å². The van der Waals surface area contributed by atoms with Gasteiger partial charge >= 0.3 is 0 Å². The summed E-state index contributed by atoms with van der Waals surface area (Å²) in [6, 6.07) is -1.15. The summed E-state index contributed by atoms with van der Waals surface area (Å²) in [6.07, 6.45) is 59.3. The van der Waals surface area contributed by atoms with Crippen molar-refractivity contribution in [2.45, 2.75) is 406 Å². The summed E-state index contributed by atoms with van der Waals surface area (Å²) in [5, 5.41) is 37.4. The highest BCUT2D eigenvalue weighted by Crippen LogP contribution is 2.24. The standard InChI is InChI=1S/C74H148N4O5/c1-8-13-18-23-28-33-38-43-52-66(6)61-76(62-67(7)53-44-39-34-29-24-19-14-9-2)59-50-48-57-71-74(83)78(65-70(81)56-47-42-37-32-27-22-17-12-5)72(73(82)75-71)58-49-51-60-77(63-68(79)54-45-40-35-30-25-20-15-10-3)64-69(80)55-46-41-36-31-26-21-16-11-4/h66-72,79-81H,8-65H2,1-7H3,(H,75,82). The van der Waals surface area contributed by atoms with E-state index in [1.807, 2.05) is 0 Å². The molecule has 494 valence electrons. The van der Waals surface area contributed by atoms with Gasteiger partial charge in [0.1, 0.15) is 12.1 Å². The van der Waals surface area contributed by atoms with Gasteiger partial charge < -0.3 is 30.4 Å². The molecule has 1 fully saturated rings. The molecule has 1 saturated heterocycles. The predicted octanol–water partition coefficient (Wildman–Crippen LogP) is 19.6. The Balaban J connectivity index is 3.04. The fourth-order valence-electron chi connectivity index (χ4n) is 13.4. The van der Waals surface area contributed by atoms with Gasteiger partial charge in [0.15, 0.2) is 0 Å². The number of unbranched alkanes of at least 4 members (excludes halogenated alkanes) is 37. The second kappa shape index (κ2) is 58.4. The molecule has 0 aromatic heterocycles. The number of hydrogen-bond donors (Lipinski definition) is 4. The van der Waals surface area contributed by atoms with Gasteiger partial charge in [-0.2, -0.15) is 0 Å². The number of carbonyl (C=O) groups excluding carboxylic acids is 2. The maximum absolute atomic E-state index is 14.6. The Morgan fingerprint density at radius 1 is 0.361 bits per heavy atom. The fraction of sp³-hybridized carbons (Fsp3) is 0.973. The lowest BCUT2D eigenvalue weighted by Gasteiger charge is -2.40. The van der Waals surface area contributed by atoms with Crippen molar-refractivity contribution in [3.63, 3.8) is 0 Å². The summed E-state index contributed by atoms with van der Waals surface area (Å²) < 4.78 is 0. The maximum Gasteiger partial charge on any atom is 0.245 e. The molecule has 0 bridgehead atoms. The zero-order chi connectivity index (χ0) is 60.6. The third kappa shape index (κ3) is 47.4. The number of hydrogen-bond acceptors (Lipinski definition) is 7. The molecule has 83 heavy (non-hydrogen) atoms. The van der Waals surface area contributed by atoms with E-state index in [1.54, 1.807) is 4.90 Å². The molecule has 0 radical (unpaired) electrons. The number of rotatable bonds is 65. The predicted molar refractivity (Wildman–Crippen MR) is 360 cm³/mol. The van der Waals surface area contributed by atoms with Gasteiger partial charge in [0.2, 0.25) is 11.8 Å². The van der Waals surface area contributed by atoms with Crippen molar-refractivity contribution >= 4 is 11.8 Å². The van der Waals surface area contributed by atoms with Crippen molar-refractivity contribution in [2.24, 2.45) is 11.8 Å². The lowest BCUT2D eigenvalue weighted by molar-refractivity contribution is -0.151. The highest BCUT2D eigenvalue weighted by molar-refractivity contribution is 5.97. The van der Waals surface area contributed by atoms with Crippen LogP contribution in [-0.4, -0.2) is 118 Å². The number of amides is 2. The summed E-state index contributed by atoms with van der Waals surface area (Å²) >= 11 is 0. The molecule has 0 spiro atoms. The Bertz CT molecular complexity index is 1330. The number of β-amino-alcohol motifs (C(OH)–C–C–N with tert-alkyl or cyclic N) is 1. The van der Waals surface area contributed by atoms with E-state index < -0.39 is 30.4 Å². The zero-order valence-electron chi connectivity index (χ0n) is 57.1. The Morgan fingerprint density at radius 2 is 0.651 bits per heavy atom. The minimum atomic E-state index is -0.650. The Hall–Kier alpha value is -1.26. The molecule has 4 N–H and O–H groups in total. The summed E-state index contributed by atoms with van der Waals surface area (Å²) in [5.74, 6) is 1.25. The first-order valence-electron chi connectivity index (χ1n) is 37.6. The number of carbonyl (C=O) groups is 2. The van der Waals surface area contributed by atoms with E-state index in [0.717, 1.165) is 103 Å². The van der Waals surface area contributed by atoms with Crippen LogP contribution >= 0.6 is 0 Å². The number of nitrogens with one attached hydrogen (secondary N) is 1. The largest absolute Gasteiger partial charge is 0.392 e. The lowest BCUT2D eigenvalue weighted by atomic mass is 9.97. The number of aliphatic hydroxyl groups excluding tert-OH is 3. The van der Waals surface area contributed by atoms with Crippen molar-refractivity contribution < 1.29 is 24.9 Å². The highest BCUT2D eigenvalue weighted by atomic mass is 16.3. The number of piperazine rings is 1. The monoisotopic (exact) mass is 1170 g/mol. The van der Waals surface area contributed by atoms with Crippen LogP contribution in [0.1, 0.15) is 376 Å². The van der Waals surface area contributed by atoms with E-state index in [1.165, 1.54) is 231 Å². The van der Waals surface area contributed by atoms with Gasteiger partial charge in [-0.15, -0.1) is 0 Å². The molecule has 0 saturated carbocycles. The van der Waals surface area contributed by atoms with Crippen molar-refractivity contribution in [2.75, 3.05) is 45.8 Å².